The maximum Gasteiger partial charge on any atom is 0.335 e. The number of ether oxygens (including phenoxy) is 2. The Morgan fingerprint density at radius 1 is 1.12 bits per heavy atom. The van der Waals surface area contributed by atoms with Crippen molar-refractivity contribution in [2.45, 2.75) is 13.0 Å². The molecule has 2 aromatic carbocycles. The number of para-hydroxylation sites is 2. The molecule has 1 atom stereocenters. The Morgan fingerprint density at radius 3 is 2.56 bits per heavy atom. The Bertz CT molecular complexity index is 789. The molecule has 6 heteroatoms. The standard InChI is InChI=1S/C19H19NO5/c1-2-20(18(21)13-6-5-7-14(10-13)19(22)23)11-15-12-24-16-8-3-4-9-17(16)25-15/h3-10,15H,2,11-12H2,1H3,(H,22,23). The number of carboxylic acid groups (broad SMARTS) is 1. The Morgan fingerprint density at radius 2 is 1.84 bits per heavy atom. The van der Waals surface area contributed by atoms with E-state index in [-0.39, 0.29) is 17.6 Å². The number of benzene rings is 2. The predicted molar refractivity (Wildman–Crippen MR) is 91.3 cm³/mol. The average molecular weight is 341 g/mol. The van der Waals surface area contributed by atoms with Crippen LogP contribution in [0.1, 0.15) is 27.6 Å². The van der Waals surface area contributed by atoms with E-state index in [4.69, 9.17) is 14.6 Å². The molecule has 25 heavy (non-hydrogen) atoms. The molecule has 130 valence electrons. The van der Waals surface area contributed by atoms with Crippen LogP contribution in [0.4, 0.5) is 0 Å². The van der Waals surface area contributed by atoms with Crippen molar-refractivity contribution < 1.29 is 24.2 Å². The Kier molecular flexibility index (Phi) is 4.88. The van der Waals surface area contributed by atoms with E-state index in [0.29, 0.717) is 36.8 Å². The molecule has 1 N–H and O–H groups in total. The van der Waals surface area contributed by atoms with Crippen LogP contribution < -0.4 is 9.47 Å². The highest BCUT2D eigenvalue weighted by Gasteiger charge is 2.25. The van der Waals surface area contributed by atoms with Gasteiger partial charge in [-0.25, -0.2) is 4.79 Å². The van der Waals surface area contributed by atoms with Gasteiger partial charge in [0.15, 0.2) is 17.6 Å². The highest BCUT2D eigenvalue weighted by molar-refractivity contribution is 5.97. The van der Waals surface area contributed by atoms with Gasteiger partial charge in [0.2, 0.25) is 0 Å². The van der Waals surface area contributed by atoms with Crippen LogP contribution in [0.3, 0.4) is 0 Å². The second kappa shape index (κ2) is 7.25. The lowest BCUT2D eigenvalue weighted by molar-refractivity contribution is 0.0475. The number of likely N-dealkylation sites (N-methyl/N-ethyl adjacent to an activating group) is 1. The summed E-state index contributed by atoms with van der Waals surface area (Å²) in [6.45, 7) is 3.07. The number of rotatable bonds is 5. The van der Waals surface area contributed by atoms with E-state index in [0.717, 1.165) is 0 Å². The van der Waals surface area contributed by atoms with E-state index >= 15 is 0 Å². The van der Waals surface area contributed by atoms with Crippen molar-refractivity contribution in [1.82, 2.24) is 4.90 Å². The van der Waals surface area contributed by atoms with Crippen molar-refractivity contribution >= 4 is 11.9 Å². The molecule has 0 aliphatic carbocycles. The lowest BCUT2D eigenvalue weighted by atomic mass is 10.1. The van der Waals surface area contributed by atoms with E-state index in [2.05, 4.69) is 0 Å². The van der Waals surface area contributed by atoms with Gasteiger partial charge in [0.25, 0.3) is 5.91 Å². The van der Waals surface area contributed by atoms with E-state index < -0.39 is 5.97 Å². The summed E-state index contributed by atoms with van der Waals surface area (Å²) in [5.41, 5.74) is 0.437. The quantitative estimate of drug-likeness (QED) is 0.905. The normalized spacial score (nSPS) is 15.5. The number of nitrogens with zero attached hydrogens (tertiary/aromatic N) is 1. The minimum atomic E-state index is -1.06. The SMILES string of the molecule is CCN(CC1COc2ccccc2O1)C(=O)c1cccc(C(=O)O)c1. The Hall–Kier alpha value is -3.02. The Balaban J connectivity index is 1.71. The van der Waals surface area contributed by atoms with Gasteiger partial charge in [0.05, 0.1) is 12.1 Å². The molecule has 3 rings (SSSR count). The first kappa shape index (κ1) is 16.8. The molecule has 1 heterocycles. The van der Waals surface area contributed by atoms with Crippen molar-refractivity contribution in [2.24, 2.45) is 0 Å². The molecule has 0 saturated carbocycles. The summed E-state index contributed by atoms with van der Waals surface area (Å²) in [6, 6.07) is 13.4. The monoisotopic (exact) mass is 341 g/mol. The minimum Gasteiger partial charge on any atom is -0.486 e. The van der Waals surface area contributed by atoms with Crippen LogP contribution in [0.5, 0.6) is 11.5 Å². The van der Waals surface area contributed by atoms with Gasteiger partial charge in [-0.15, -0.1) is 0 Å². The molecule has 1 unspecified atom stereocenters. The van der Waals surface area contributed by atoms with Crippen LogP contribution in [0.15, 0.2) is 48.5 Å². The average Bonchev–Trinajstić information content (AvgIpc) is 2.65. The maximum absolute atomic E-state index is 12.7. The van der Waals surface area contributed by atoms with Crippen molar-refractivity contribution in [3.05, 3.63) is 59.7 Å². The van der Waals surface area contributed by atoms with Gasteiger partial charge in [-0.05, 0) is 37.3 Å². The second-order valence-electron chi connectivity index (χ2n) is 5.73. The lowest BCUT2D eigenvalue weighted by Gasteiger charge is -2.31. The number of carboxylic acids is 1. The third kappa shape index (κ3) is 3.74. The third-order valence-corrected chi connectivity index (χ3v) is 4.02. The number of hydrogen-bond donors (Lipinski definition) is 1. The molecule has 1 aliphatic rings. The summed E-state index contributed by atoms with van der Waals surface area (Å²) < 4.78 is 11.6. The molecule has 1 aliphatic heterocycles. The largest absolute Gasteiger partial charge is 0.486 e. The molecule has 0 saturated heterocycles. The van der Waals surface area contributed by atoms with Crippen LogP contribution in [0.25, 0.3) is 0 Å². The fraction of sp³-hybridized carbons (Fsp3) is 0.263. The Labute approximate surface area is 145 Å². The van der Waals surface area contributed by atoms with E-state index in [9.17, 15) is 9.59 Å². The number of aromatic carboxylic acids is 1. The summed E-state index contributed by atoms with van der Waals surface area (Å²) in [4.78, 5) is 25.4. The molecule has 0 bridgehead atoms. The summed E-state index contributed by atoms with van der Waals surface area (Å²) in [5, 5.41) is 9.08. The number of carbonyl (C=O) groups is 2. The summed E-state index contributed by atoms with van der Waals surface area (Å²) in [6.07, 6.45) is -0.276. The molecule has 2 aromatic rings. The van der Waals surface area contributed by atoms with Gasteiger partial charge in [-0.3, -0.25) is 4.79 Å². The van der Waals surface area contributed by atoms with Crippen LogP contribution in [-0.4, -0.2) is 47.7 Å². The van der Waals surface area contributed by atoms with Crippen LogP contribution >= 0.6 is 0 Å². The first-order valence-electron chi connectivity index (χ1n) is 8.09. The predicted octanol–water partition coefficient (Wildman–Crippen LogP) is 2.69. The van der Waals surface area contributed by atoms with Gasteiger partial charge in [0.1, 0.15) is 6.61 Å². The molecule has 0 aromatic heterocycles. The topological polar surface area (TPSA) is 76.1 Å². The highest BCUT2D eigenvalue weighted by atomic mass is 16.6. The molecule has 0 spiro atoms. The molecular formula is C19H19NO5. The maximum atomic E-state index is 12.7. The lowest BCUT2D eigenvalue weighted by Crippen LogP contribution is -2.43. The molecule has 0 radical (unpaired) electrons. The highest BCUT2D eigenvalue weighted by Crippen LogP contribution is 2.31. The fourth-order valence-electron chi connectivity index (χ4n) is 2.72. The summed E-state index contributed by atoms with van der Waals surface area (Å²) in [5.74, 6) is 0.0730. The van der Waals surface area contributed by atoms with Crippen LogP contribution in [0, 0.1) is 0 Å². The molecular weight excluding hydrogens is 322 g/mol. The zero-order chi connectivity index (χ0) is 17.8. The van der Waals surface area contributed by atoms with Gasteiger partial charge in [-0.1, -0.05) is 18.2 Å². The van der Waals surface area contributed by atoms with Crippen molar-refractivity contribution in [2.75, 3.05) is 19.7 Å². The molecule has 0 fully saturated rings. The number of amides is 1. The zero-order valence-corrected chi connectivity index (χ0v) is 13.8. The zero-order valence-electron chi connectivity index (χ0n) is 13.8. The summed E-state index contributed by atoms with van der Waals surface area (Å²) >= 11 is 0. The first-order chi connectivity index (χ1) is 12.1. The fourth-order valence-corrected chi connectivity index (χ4v) is 2.72. The minimum absolute atomic E-state index is 0.0908. The van der Waals surface area contributed by atoms with Crippen LogP contribution in [0.2, 0.25) is 0 Å². The van der Waals surface area contributed by atoms with E-state index in [1.165, 1.54) is 12.1 Å². The summed E-state index contributed by atoms with van der Waals surface area (Å²) in [7, 11) is 0. The second-order valence-corrected chi connectivity index (χ2v) is 5.73. The van der Waals surface area contributed by atoms with Gasteiger partial charge >= 0.3 is 5.97 Å². The van der Waals surface area contributed by atoms with E-state index in [1.54, 1.807) is 17.0 Å². The smallest absolute Gasteiger partial charge is 0.335 e. The van der Waals surface area contributed by atoms with Crippen LogP contribution in [-0.2, 0) is 0 Å². The first-order valence-corrected chi connectivity index (χ1v) is 8.09. The van der Waals surface area contributed by atoms with E-state index in [1.807, 2.05) is 31.2 Å². The van der Waals surface area contributed by atoms with Gasteiger partial charge in [0, 0.05) is 12.1 Å². The molecule has 6 nitrogen and oxygen atoms in total. The number of fused-ring (bicyclic) bond motifs is 1. The van der Waals surface area contributed by atoms with Gasteiger partial charge in [-0.2, -0.15) is 0 Å². The third-order valence-electron chi connectivity index (χ3n) is 4.02. The van der Waals surface area contributed by atoms with Crippen molar-refractivity contribution in [1.29, 1.82) is 0 Å². The van der Waals surface area contributed by atoms with Gasteiger partial charge < -0.3 is 19.5 Å². The number of hydrogen-bond acceptors (Lipinski definition) is 4. The van der Waals surface area contributed by atoms with Crippen molar-refractivity contribution in [3.63, 3.8) is 0 Å². The van der Waals surface area contributed by atoms with Crippen molar-refractivity contribution in [3.8, 4) is 11.5 Å². The molecule has 1 amide bonds. The number of carbonyl (C=O) groups excluding carboxylic acids is 1.